The zero-order valence-electron chi connectivity index (χ0n) is 42.4. The molecule has 33 heteroatoms. The third-order valence-corrected chi connectivity index (χ3v) is 10.9. The molecule has 0 aromatic carbocycles. The number of ketones is 1. The van der Waals surface area contributed by atoms with Crippen LogP contribution in [0.1, 0.15) is 129 Å². The number of amides is 8. The van der Waals surface area contributed by atoms with Crippen LogP contribution in [0.25, 0.3) is 0 Å². The van der Waals surface area contributed by atoms with Gasteiger partial charge in [-0.3, -0.25) is 38.4 Å². The highest BCUT2D eigenvalue weighted by Gasteiger charge is 2.30. The normalized spacial score (nSPS) is 13.8. The van der Waals surface area contributed by atoms with Crippen molar-refractivity contribution in [3.8, 4) is 0 Å². The minimum Gasteiger partial charge on any atom is -0.480 e. The molecule has 0 aliphatic carbocycles. The number of carboxylic acid groups (broad SMARTS) is 8. The van der Waals surface area contributed by atoms with Crippen LogP contribution >= 0.6 is 0 Å². The Hall–Kier alpha value is -8.81. The van der Waals surface area contributed by atoms with Crippen molar-refractivity contribution in [2.75, 3.05) is 0 Å². The molecule has 0 spiro atoms. The summed E-state index contributed by atoms with van der Waals surface area (Å²) >= 11 is 0. The first-order chi connectivity index (χ1) is 36.4. The summed E-state index contributed by atoms with van der Waals surface area (Å²) < 4.78 is 0. The number of aliphatic carboxylic acids is 8. The Kier molecular flexibility index (Phi) is 32.1. The van der Waals surface area contributed by atoms with Gasteiger partial charge in [0.2, 0.25) is 47.3 Å². The maximum atomic E-state index is 12.7. The van der Waals surface area contributed by atoms with Crippen LogP contribution in [0.2, 0.25) is 0 Å². The van der Waals surface area contributed by atoms with Crippen molar-refractivity contribution in [1.82, 2.24) is 42.5 Å². The maximum absolute atomic E-state index is 12.7. The fraction of sp³-hybridized carbons (Fsp3) is 0.622. The second-order valence-electron chi connectivity index (χ2n) is 17.4. The fourth-order valence-electron chi connectivity index (χ4n) is 6.69. The van der Waals surface area contributed by atoms with Crippen LogP contribution in [-0.2, 0) is 81.5 Å². The number of hydrogen-bond donors (Lipinski definition) is 16. The first kappa shape index (κ1) is 69.2. The lowest BCUT2D eigenvalue weighted by Gasteiger charge is -2.19. The van der Waals surface area contributed by atoms with Crippen LogP contribution in [0.4, 0.5) is 0 Å². The van der Waals surface area contributed by atoms with Crippen LogP contribution in [0, 0.1) is 0 Å². The van der Waals surface area contributed by atoms with E-state index in [0.29, 0.717) is 6.42 Å². The zero-order valence-corrected chi connectivity index (χ0v) is 42.4. The molecule has 0 aromatic heterocycles. The van der Waals surface area contributed by atoms with Crippen LogP contribution in [0.5, 0.6) is 0 Å². The molecule has 436 valence electrons. The second kappa shape index (κ2) is 36.2. The Balaban J connectivity index is 5.20. The Morgan fingerprint density at radius 1 is 0.244 bits per heavy atom. The van der Waals surface area contributed by atoms with Crippen molar-refractivity contribution in [3.05, 3.63) is 0 Å². The van der Waals surface area contributed by atoms with E-state index in [0.717, 1.165) is 0 Å². The molecule has 0 radical (unpaired) electrons. The summed E-state index contributed by atoms with van der Waals surface area (Å²) in [7, 11) is 0. The van der Waals surface area contributed by atoms with E-state index in [9.17, 15) is 122 Å². The van der Waals surface area contributed by atoms with Crippen molar-refractivity contribution in [2.45, 2.75) is 178 Å². The zero-order chi connectivity index (χ0) is 59.8. The Morgan fingerprint density at radius 2 is 0.372 bits per heavy atom. The van der Waals surface area contributed by atoms with Crippen LogP contribution in [0.15, 0.2) is 0 Å². The quantitative estimate of drug-likeness (QED) is 0.0278. The standard InChI is InChI=1S/C45H66N8O25/c1-3-4-30(55)46-23(39(65)66)7-14-32(57)48-25(41(69)70)9-16-34(59)50-27(43(73)74)11-18-36(61)52-29(45(77)78)13-20-37(62)53-28(44(75)76)12-19-35(60)51-26(42(71)72)10-17-33(58)49-24(40(67)68)8-15-31(56)47-22(38(63)64)6-5-21(2)54/h22-29H,3-20H2,1-2H3,(H,46,55)(H,47,56)(H,48,57)(H,49,58)(H,50,59)(H,51,60)(H,52,61)(H,53,62)(H,63,64)(H,65,66)(H,67,68)(H,69,70)(H,71,72)(H,73,74)(H,75,76)(H,77,78). The fourth-order valence-corrected chi connectivity index (χ4v) is 6.69. The van der Waals surface area contributed by atoms with Gasteiger partial charge in [0.15, 0.2) is 0 Å². The molecule has 0 fully saturated rings. The molecule has 0 saturated carbocycles. The predicted molar refractivity (Wildman–Crippen MR) is 256 cm³/mol. The number of carboxylic acids is 8. The van der Waals surface area contributed by atoms with Crippen molar-refractivity contribution < 1.29 is 122 Å². The van der Waals surface area contributed by atoms with Gasteiger partial charge in [0.1, 0.15) is 54.1 Å². The third-order valence-electron chi connectivity index (χ3n) is 10.9. The van der Waals surface area contributed by atoms with Crippen molar-refractivity contribution in [2.24, 2.45) is 0 Å². The molecule has 16 N–H and O–H groups in total. The third kappa shape index (κ3) is 30.5. The molecule has 0 saturated heterocycles. The number of Topliss-reactive ketones (excluding diaryl/α,β-unsaturated/α-hetero) is 1. The molecule has 8 amide bonds. The van der Waals surface area contributed by atoms with Crippen LogP contribution < -0.4 is 42.5 Å². The summed E-state index contributed by atoms with van der Waals surface area (Å²) in [6.07, 6.45) is -8.73. The van der Waals surface area contributed by atoms with Gasteiger partial charge in [0.05, 0.1) is 0 Å². The van der Waals surface area contributed by atoms with Gasteiger partial charge in [-0.1, -0.05) is 6.92 Å². The smallest absolute Gasteiger partial charge is 0.326 e. The molecular formula is C45H66N8O25. The van der Waals surface area contributed by atoms with E-state index in [2.05, 4.69) is 26.6 Å². The number of hydrogen-bond acceptors (Lipinski definition) is 17. The van der Waals surface area contributed by atoms with E-state index in [1.54, 1.807) is 6.92 Å². The lowest BCUT2D eigenvalue weighted by molar-refractivity contribution is -0.144. The highest BCUT2D eigenvalue weighted by atomic mass is 16.4. The summed E-state index contributed by atoms with van der Waals surface area (Å²) in [5, 5.41) is 92.8. The molecule has 0 heterocycles. The average Bonchev–Trinajstić information content (AvgIpc) is 3.33. The van der Waals surface area contributed by atoms with Crippen molar-refractivity contribution in [3.63, 3.8) is 0 Å². The number of carbonyl (C=O) groups is 17. The molecular weight excluding hydrogens is 1050 g/mol. The lowest BCUT2D eigenvalue weighted by Crippen LogP contribution is -2.46. The highest BCUT2D eigenvalue weighted by Crippen LogP contribution is 2.10. The monoisotopic (exact) mass is 1120 g/mol. The molecule has 0 aliphatic heterocycles. The van der Waals surface area contributed by atoms with Gasteiger partial charge in [-0.2, -0.15) is 0 Å². The topological polar surface area (TPSA) is 548 Å². The minimum atomic E-state index is -1.81. The second-order valence-corrected chi connectivity index (χ2v) is 17.4. The Morgan fingerprint density at radius 3 is 0.487 bits per heavy atom. The van der Waals surface area contributed by atoms with E-state index < -0.39 is 233 Å². The van der Waals surface area contributed by atoms with Gasteiger partial charge in [-0.05, 0) is 64.7 Å². The molecule has 0 aliphatic rings. The van der Waals surface area contributed by atoms with E-state index in [-0.39, 0.29) is 25.0 Å². The minimum absolute atomic E-state index is 0.0234. The SMILES string of the molecule is CCCC(=O)NC(CCC(=O)NC(CCC(=O)NC(CCC(=O)NC(CCC(=O)NC(CCC(=O)NC(CCC(=O)NC(CCC(=O)NC(CCC(C)=O)C(=O)O)C(=O)O)C(=O)O)C(=O)O)C(=O)O)C(=O)O)C(=O)O)C(=O)O. The van der Waals surface area contributed by atoms with E-state index in [1.807, 2.05) is 16.0 Å². The Bertz CT molecular complexity index is 2240. The number of nitrogens with one attached hydrogen (secondary N) is 8. The Labute approximate surface area is 442 Å². The molecule has 78 heavy (non-hydrogen) atoms. The number of carbonyl (C=O) groups excluding carboxylic acids is 9. The summed E-state index contributed by atoms with van der Waals surface area (Å²) in [5.74, 6) is -20.9. The first-order valence-electron chi connectivity index (χ1n) is 24.0. The van der Waals surface area contributed by atoms with E-state index in [1.165, 1.54) is 6.92 Å². The summed E-state index contributed by atoms with van der Waals surface area (Å²) in [4.78, 5) is 204. The molecule has 0 bridgehead atoms. The summed E-state index contributed by atoms with van der Waals surface area (Å²) in [6, 6.07) is -13.5. The van der Waals surface area contributed by atoms with Gasteiger partial charge in [0, 0.05) is 57.8 Å². The van der Waals surface area contributed by atoms with E-state index in [4.69, 9.17) is 0 Å². The van der Waals surface area contributed by atoms with Gasteiger partial charge >= 0.3 is 47.8 Å². The average molecular weight is 1120 g/mol. The van der Waals surface area contributed by atoms with Crippen molar-refractivity contribution in [1.29, 1.82) is 0 Å². The highest BCUT2D eigenvalue weighted by molar-refractivity contribution is 5.91. The number of rotatable bonds is 42. The van der Waals surface area contributed by atoms with Gasteiger partial charge < -0.3 is 88.2 Å². The van der Waals surface area contributed by atoms with Gasteiger partial charge in [-0.15, -0.1) is 0 Å². The maximum Gasteiger partial charge on any atom is 0.326 e. The summed E-state index contributed by atoms with van der Waals surface area (Å²) in [5.41, 5.74) is 0. The van der Waals surface area contributed by atoms with E-state index >= 15 is 0 Å². The molecule has 0 rings (SSSR count). The molecule has 8 atom stereocenters. The van der Waals surface area contributed by atoms with Crippen molar-refractivity contribution >= 4 is 101 Å². The first-order valence-corrected chi connectivity index (χ1v) is 24.0. The van der Waals surface area contributed by atoms with Gasteiger partial charge in [0.25, 0.3) is 0 Å². The van der Waals surface area contributed by atoms with Crippen LogP contribution in [-0.4, -0.2) is 190 Å². The largest absolute Gasteiger partial charge is 0.480 e. The van der Waals surface area contributed by atoms with Crippen LogP contribution in [0.3, 0.4) is 0 Å². The summed E-state index contributed by atoms with van der Waals surface area (Å²) in [6.45, 7) is 2.89. The lowest BCUT2D eigenvalue weighted by atomic mass is 10.1. The molecule has 8 unspecified atom stereocenters. The predicted octanol–water partition coefficient (Wildman–Crippen LogP) is -3.83. The molecule has 0 aromatic rings. The van der Waals surface area contributed by atoms with Gasteiger partial charge in [-0.25, -0.2) is 38.4 Å². The molecule has 33 nitrogen and oxygen atoms in total.